The Morgan fingerprint density at radius 2 is 2.18 bits per heavy atom. The minimum absolute atomic E-state index is 0.233. The molecule has 2 rings (SSSR count). The van der Waals surface area contributed by atoms with Crippen LogP contribution in [0, 0.1) is 0 Å². The SMILES string of the molecule is O=C1NC[C@H](Nc2ccc(Br)cc2Cl)C(=O)N1. The third kappa shape index (κ3) is 2.89. The Balaban J connectivity index is 2.10. The maximum atomic E-state index is 11.5. The highest BCUT2D eigenvalue weighted by molar-refractivity contribution is 9.10. The second kappa shape index (κ2) is 4.93. The fraction of sp³-hybridized carbons (Fsp3) is 0.200. The molecule has 0 bridgehead atoms. The minimum Gasteiger partial charge on any atom is -0.371 e. The van der Waals surface area contributed by atoms with Crippen molar-refractivity contribution in [2.24, 2.45) is 0 Å². The van der Waals surface area contributed by atoms with E-state index < -0.39 is 12.1 Å². The Labute approximate surface area is 111 Å². The molecule has 0 unspecified atom stereocenters. The molecule has 0 spiro atoms. The summed E-state index contributed by atoms with van der Waals surface area (Å²) < 4.78 is 0.856. The third-order valence-electron chi connectivity index (χ3n) is 2.28. The van der Waals surface area contributed by atoms with E-state index in [9.17, 15) is 9.59 Å². The number of anilines is 1. The van der Waals surface area contributed by atoms with E-state index in [0.29, 0.717) is 10.7 Å². The van der Waals surface area contributed by atoms with Gasteiger partial charge in [0.1, 0.15) is 6.04 Å². The Morgan fingerprint density at radius 1 is 1.41 bits per heavy atom. The second-order valence-electron chi connectivity index (χ2n) is 3.52. The highest BCUT2D eigenvalue weighted by atomic mass is 79.9. The van der Waals surface area contributed by atoms with Crippen molar-refractivity contribution >= 4 is 45.2 Å². The predicted octanol–water partition coefficient (Wildman–Crippen LogP) is 1.72. The molecule has 3 N–H and O–H groups in total. The van der Waals surface area contributed by atoms with Crippen LogP contribution in [0.1, 0.15) is 0 Å². The Kier molecular flexibility index (Phi) is 3.54. The topological polar surface area (TPSA) is 70.2 Å². The number of amides is 3. The molecular formula is C10H9BrClN3O2. The fourth-order valence-electron chi connectivity index (χ4n) is 1.44. The lowest BCUT2D eigenvalue weighted by atomic mass is 10.2. The first-order chi connectivity index (χ1) is 8.06. The van der Waals surface area contributed by atoms with Gasteiger partial charge in [-0.25, -0.2) is 4.79 Å². The van der Waals surface area contributed by atoms with Crippen LogP contribution in [0.2, 0.25) is 5.02 Å². The van der Waals surface area contributed by atoms with Crippen LogP contribution in [0.4, 0.5) is 10.5 Å². The summed E-state index contributed by atoms with van der Waals surface area (Å²) in [5, 5.41) is 8.18. The molecule has 5 nitrogen and oxygen atoms in total. The molecule has 1 aliphatic heterocycles. The molecule has 7 heteroatoms. The van der Waals surface area contributed by atoms with E-state index in [1.807, 2.05) is 6.07 Å². The van der Waals surface area contributed by atoms with Gasteiger partial charge in [-0.3, -0.25) is 10.1 Å². The summed E-state index contributed by atoms with van der Waals surface area (Å²) >= 11 is 9.31. The van der Waals surface area contributed by atoms with Crippen LogP contribution in [0.3, 0.4) is 0 Å². The zero-order valence-corrected chi connectivity index (χ0v) is 10.9. The molecule has 3 amide bonds. The molecule has 90 valence electrons. The summed E-state index contributed by atoms with van der Waals surface area (Å²) in [6.07, 6.45) is 0. The number of halogens is 2. The first kappa shape index (κ1) is 12.2. The molecule has 1 saturated heterocycles. The van der Waals surface area contributed by atoms with Crippen molar-refractivity contribution in [3.05, 3.63) is 27.7 Å². The number of nitrogens with one attached hydrogen (secondary N) is 3. The first-order valence-corrected chi connectivity index (χ1v) is 6.03. The molecule has 1 aromatic rings. The van der Waals surface area contributed by atoms with Crippen molar-refractivity contribution in [1.82, 2.24) is 10.6 Å². The monoisotopic (exact) mass is 317 g/mol. The fourth-order valence-corrected chi connectivity index (χ4v) is 2.17. The molecule has 0 aromatic heterocycles. The van der Waals surface area contributed by atoms with Gasteiger partial charge in [-0.05, 0) is 18.2 Å². The van der Waals surface area contributed by atoms with E-state index in [-0.39, 0.29) is 12.5 Å². The van der Waals surface area contributed by atoms with E-state index in [1.165, 1.54) is 0 Å². The Bertz CT molecular complexity index is 481. The largest absolute Gasteiger partial charge is 0.371 e. The standard InChI is InChI=1S/C10H9BrClN3O2/c11-5-1-2-7(6(12)3-5)14-8-4-13-10(17)15-9(8)16/h1-3,8,14H,4H2,(H2,13,15,16,17)/t8-/m0/s1. The van der Waals surface area contributed by atoms with Crippen LogP contribution in [0.25, 0.3) is 0 Å². The highest BCUT2D eigenvalue weighted by Gasteiger charge is 2.26. The van der Waals surface area contributed by atoms with Gasteiger partial charge in [0, 0.05) is 11.0 Å². The average Bonchev–Trinajstić information content (AvgIpc) is 2.25. The van der Waals surface area contributed by atoms with Crippen LogP contribution in [0.15, 0.2) is 22.7 Å². The number of urea groups is 1. The molecule has 1 atom stereocenters. The Morgan fingerprint density at radius 3 is 2.82 bits per heavy atom. The van der Waals surface area contributed by atoms with Gasteiger partial charge in [0.15, 0.2) is 0 Å². The van der Waals surface area contributed by atoms with Crippen LogP contribution < -0.4 is 16.0 Å². The van der Waals surface area contributed by atoms with Gasteiger partial charge in [0.05, 0.1) is 10.7 Å². The van der Waals surface area contributed by atoms with Gasteiger partial charge in [-0.1, -0.05) is 27.5 Å². The van der Waals surface area contributed by atoms with Crippen LogP contribution in [0.5, 0.6) is 0 Å². The van der Waals surface area contributed by atoms with Crippen molar-refractivity contribution in [3.8, 4) is 0 Å². The van der Waals surface area contributed by atoms with Crippen molar-refractivity contribution < 1.29 is 9.59 Å². The van der Waals surface area contributed by atoms with Gasteiger partial charge in [-0.15, -0.1) is 0 Å². The maximum Gasteiger partial charge on any atom is 0.321 e. The molecule has 0 aliphatic carbocycles. The van der Waals surface area contributed by atoms with Crippen molar-refractivity contribution in [1.29, 1.82) is 0 Å². The Hall–Kier alpha value is -1.27. The summed E-state index contributed by atoms with van der Waals surface area (Å²) in [6, 6.07) is 4.30. The van der Waals surface area contributed by atoms with Gasteiger partial charge in [-0.2, -0.15) is 0 Å². The number of hydrogen-bond donors (Lipinski definition) is 3. The van der Waals surface area contributed by atoms with E-state index in [1.54, 1.807) is 12.1 Å². The summed E-state index contributed by atoms with van der Waals surface area (Å²) in [6.45, 7) is 0.233. The van der Waals surface area contributed by atoms with Gasteiger partial charge < -0.3 is 10.6 Å². The van der Waals surface area contributed by atoms with E-state index in [0.717, 1.165) is 4.47 Å². The van der Waals surface area contributed by atoms with Crippen molar-refractivity contribution in [2.75, 3.05) is 11.9 Å². The minimum atomic E-state index is -0.522. The summed E-state index contributed by atoms with van der Waals surface area (Å²) in [4.78, 5) is 22.4. The van der Waals surface area contributed by atoms with E-state index in [4.69, 9.17) is 11.6 Å². The number of carbonyl (C=O) groups excluding carboxylic acids is 2. The lowest BCUT2D eigenvalue weighted by Crippen LogP contribution is -2.57. The van der Waals surface area contributed by atoms with Crippen molar-refractivity contribution in [2.45, 2.75) is 6.04 Å². The normalized spacial score (nSPS) is 19.5. The third-order valence-corrected chi connectivity index (χ3v) is 3.09. The van der Waals surface area contributed by atoms with E-state index >= 15 is 0 Å². The molecule has 0 saturated carbocycles. The van der Waals surface area contributed by atoms with Crippen molar-refractivity contribution in [3.63, 3.8) is 0 Å². The smallest absolute Gasteiger partial charge is 0.321 e. The van der Waals surface area contributed by atoms with Gasteiger partial charge in [0.2, 0.25) is 0 Å². The second-order valence-corrected chi connectivity index (χ2v) is 4.84. The van der Waals surface area contributed by atoms with Crippen LogP contribution in [-0.2, 0) is 4.79 Å². The lowest BCUT2D eigenvalue weighted by molar-refractivity contribution is -0.121. The van der Waals surface area contributed by atoms with Gasteiger partial charge in [0.25, 0.3) is 5.91 Å². The summed E-state index contributed by atoms with van der Waals surface area (Å²) in [7, 11) is 0. The zero-order chi connectivity index (χ0) is 12.4. The number of rotatable bonds is 2. The van der Waals surface area contributed by atoms with Crippen LogP contribution >= 0.6 is 27.5 Å². The molecule has 1 heterocycles. The zero-order valence-electron chi connectivity index (χ0n) is 8.59. The quantitative estimate of drug-likeness (QED) is 0.777. The number of imide groups is 1. The summed E-state index contributed by atoms with van der Waals surface area (Å²) in [5.41, 5.74) is 0.645. The molecule has 1 aromatic carbocycles. The molecular weight excluding hydrogens is 309 g/mol. The van der Waals surface area contributed by atoms with Gasteiger partial charge >= 0.3 is 6.03 Å². The maximum absolute atomic E-state index is 11.5. The predicted molar refractivity (Wildman–Crippen MR) is 68.1 cm³/mol. The number of benzene rings is 1. The summed E-state index contributed by atoms with van der Waals surface area (Å²) in [5.74, 6) is -0.368. The highest BCUT2D eigenvalue weighted by Crippen LogP contribution is 2.26. The average molecular weight is 319 g/mol. The number of carbonyl (C=O) groups is 2. The lowest BCUT2D eigenvalue weighted by Gasteiger charge is -2.24. The number of hydrogen-bond acceptors (Lipinski definition) is 3. The molecule has 1 fully saturated rings. The molecule has 1 aliphatic rings. The van der Waals surface area contributed by atoms with Crippen LogP contribution in [-0.4, -0.2) is 24.5 Å². The first-order valence-electron chi connectivity index (χ1n) is 4.86. The molecule has 0 radical (unpaired) electrons. The van der Waals surface area contributed by atoms with E-state index in [2.05, 4.69) is 31.9 Å². The molecule has 17 heavy (non-hydrogen) atoms.